The fraction of sp³-hybridized carbons (Fsp3) is 0.400. The summed E-state index contributed by atoms with van der Waals surface area (Å²) in [4.78, 5) is 11.7. The van der Waals surface area contributed by atoms with Crippen LogP contribution in [0.25, 0.3) is 0 Å². The van der Waals surface area contributed by atoms with Crippen LogP contribution in [0.15, 0.2) is 42.0 Å². The molecule has 0 N–H and O–H groups in total. The van der Waals surface area contributed by atoms with Crippen LogP contribution >= 0.6 is 0 Å². The van der Waals surface area contributed by atoms with Crippen molar-refractivity contribution < 1.29 is 9.53 Å². The van der Waals surface area contributed by atoms with E-state index in [9.17, 15) is 4.79 Å². The average molecular weight is 232 g/mol. The van der Waals surface area contributed by atoms with Gasteiger partial charge in [-0.3, -0.25) is 0 Å². The highest BCUT2D eigenvalue weighted by Crippen LogP contribution is 2.19. The lowest BCUT2D eigenvalue weighted by Crippen LogP contribution is -2.08. The fourth-order valence-electron chi connectivity index (χ4n) is 1.71. The minimum atomic E-state index is -0.196. The van der Waals surface area contributed by atoms with E-state index in [1.165, 1.54) is 5.56 Å². The van der Waals surface area contributed by atoms with E-state index in [2.05, 4.69) is 19.1 Å². The molecule has 0 heterocycles. The highest BCUT2D eigenvalue weighted by Gasteiger charge is 2.10. The normalized spacial score (nSPS) is 13.2. The van der Waals surface area contributed by atoms with E-state index < -0.39 is 0 Å². The zero-order valence-electron chi connectivity index (χ0n) is 10.8. The van der Waals surface area contributed by atoms with Gasteiger partial charge >= 0.3 is 5.97 Å². The molecule has 0 aliphatic heterocycles. The van der Waals surface area contributed by atoms with Gasteiger partial charge in [0, 0.05) is 5.57 Å². The van der Waals surface area contributed by atoms with E-state index in [1.54, 1.807) is 0 Å². The molecule has 0 aliphatic carbocycles. The first-order valence-corrected chi connectivity index (χ1v) is 6.11. The molecule has 0 radical (unpaired) electrons. The highest BCUT2D eigenvalue weighted by molar-refractivity contribution is 5.88. The molecule has 0 spiro atoms. The number of rotatable bonds is 5. The van der Waals surface area contributed by atoms with E-state index in [1.807, 2.05) is 38.1 Å². The number of ether oxygens (including phenoxy) is 1. The third kappa shape index (κ3) is 4.06. The van der Waals surface area contributed by atoms with Gasteiger partial charge in [0.15, 0.2) is 0 Å². The van der Waals surface area contributed by atoms with Gasteiger partial charge in [-0.2, -0.15) is 0 Å². The van der Waals surface area contributed by atoms with E-state index in [0.717, 1.165) is 5.57 Å². The zero-order valence-corrected chi connectivity index (χ0v) is 10.8. The summed E-state index contributed by atoms with van der Waals surface area (Å²) in [5, 5.41) is 0. The molecule has 1 aromatic carbocycles. The molecule has 0 saturated carbocycles. The van der Waals surface area contributed by atoms with Gasteiger partial charge in [0.25, 0.3) is 0 Å². The minimum Gasteiger partial charge on any atom is -0.463 e. The second kappa shape index (κ2) is 6.89. The standard InChI is InChI=1S/C15H20O2/c1-4-13(15(16)17-5-2)11-12(3)14-9-7-6-8-10-14/h6-12H,4-5H2,1-3H3/b13-11-. The summed E-state index contributed by atoms with van der Waals surface area (Å²) in [7, 11) is 0. The lowest BCUT2D eigenvalue weighted by atomic mass is 9.98. The van der Waals surface area contributed by atoms with E-state index in [4.69, 9.17) is 4.74 Å². The van der Waals surface area contributed by atoms with Crippen LogP contribution in [-0.4, -0.2) is 12.6 Å². The third-order valence-corrected chi connectivity index (χ3v) is 2.70. The van der Waals surface area contributed by atoms with E-state index in [-0.39, 0.29) is 11.9 Å². The van der Waals surface area contributed by atoms with Gasteiger partial charge in [0.1, 0.15) is 0 Å². The Labute approximate surface area is 103 Å². The van der Waals surface area contributed by atoms with Crippen LogP contribution < -0.4 is 0 Å². The number of esters is 1. The first kappa shape index (κ1) is 13.5. The number of hydrogen-bond acceptors (Lipinski definition) is 2. The third-order valence-electron chi connectivity index (χ3n) is 2.70. The van der Waals surface area contributed by atoms with Gasteiger partial charge in [-0.15, -0.1) is 0 Å². The van der Waals surface area contributed by atoms with E-state index >= 15 is 0 Å². The van der Waals surface area contributed by atoms with Crippen LogP contribution in [0.3, 0.4) is 0 Å². The number of carbonyl (C=O) groups is 1. The molecule has 2 nitrogen and oxygen atoms in total. The smallest absolute Gasteiger partial charge is 0.333 e. The Bertz CT molecular complexity index is 379. The monoisotopic (exact) mass is 232 g/mol. The predicted molar refractivity (Wildman–Crippen MR) is 69.9 cm³/mol. The summed E-state index contributed by atoms with van der Waals surface area (Å²) in [6, 6.07) is 10.1. The molecule has 1 aromatic rings. The molecule has 0 aromatic heterocycles. The van der Waals surface area contributed by atoms with Crippen LogP contribution in [0.5, 0.6) is 0 Å². The maximum Gasteiger partial charge on any atom is 0.333 e. The molecule has 0 bridgehead atoms. The van der Waals surface area contributed by atoms with Crippen LogP contribution in [-0.2, 0) is 9.53 Å². The van der Waals surface area contributed by atoms with Crippen LogP contribution in [0.4, 0.5) is 0 Å². The molecule has 0 amide bonds. The van der Waals surface area contributed by atoms with Crippen molar-refractivity contribution in [2.45, 2.75) is 33.1 Å². The van der Waals surface area contributed by atoms with Crippen molar-refractivity contribution in [1.29, 1.82) is 0 Å². The Hall–Kier alpha value is -1.57. The van der Waals surface area contributed by atoms with Crippen LogP contribution in [0.2, 0.25) is 0 Å². The summed E-state index contributed by atoms with van der Waals surface area (Å²) < 4.78 is 5.02. The van der Waals surface area contributed by atoms with Gasteiger partial charge in [-0.1, -0.05) is 50.3 Å². The topological polar surface area (TPSA) is 26.3 Å². The van der Waals surface area contributed by atoms with Crippen molar-refractivity contribution in [1.82, 2.24) is 0 Å². The summed E-state index contributed by atoms with van der Waals surface area (Å²) in [6.45, 7) is 6.31. The fourth-order valence-corrected chi connectivity index (χ4v) is 1.71. The van der Waals surface area contributed by atoms with Gasteiger partial charge in [0.2, 0.25) is 0 Å². The summed E-state index contributed by atoms with van der Waals surface area (Å²) in [6.07, 6.45) is 2.70. The lowest BCUT2D eigenvalue weighted by Gasteiger charge is -2.10. The van der Waals surface area contributed by atoms with E-state index in [0.29, 0.717) is 13.0 Å². The van der Waals surface area contributed by atoms with Gasteiger partial charge in [-0.25, -0.2) is 4.79 Å². The highest BCUT2D eigenvalue weighted by atomic mass is 16.5. The largest absolute Gasteiger partial charge is 0.463 e. The van der Waals surface area contributed by atoms with Gasteiger partial charge in [-0.05, 0) is 24.8 Å². The first-order chi connectivity index (χ1) is 8.19. The van der Waals surface area contributed by atoms with Crippen LogP contribution in [0.1, 0.15) is 38.7 Å². The Kier molecular flexibility index (Phi) is 5.47. The van der Waals surface area contributed by atoms with Crippen molar-refractivity contribution >= 4 is 5.97 Å². The first-order valence-electron chi connectivity index (χ1n) is 6.11. The van der Waals surface area contributed by atoms with Crippen molar-refractivity contribution in [3.05, 3.63) is 47.5 Å². The van der Waals surface area contributed by atoms with Crippen molar-refractivity contribution in [2.75, 3.05) is 6.61 Å². The summed E-state index contributed by atoms with van der Waals surface area (Å²) in [5.41, 5.74) is 1.96. The number of carbonyl (C=O) groups excluding carboxylic acids is 1. The second-order valence-electron chi connectivity index (χ2n) is 3.97. The zero-order chi connectivity index (χ0) is 12.7. The number of hydrogen-bond donors (Lipinski definition) is 0. The molecule has 17 heavy (non-hydrogen) atoms. The minimum absolute atomic E-state index is 0.196. The molecule has 0 aliphatic rings. The maximum atomic E-state index is 11.7. The molecule has 2 heteroatoms. The van der Waals surface area contributed by atoms with Crippen molar-refractivity contribution in [2.24, 2.45) is 0 Å². The summed E-state index contributed by atoms with van der Waals surface area (Å²) >= 11 is 0. The maximum absolute atomic E-state index is 11.7. The molecule has 92 valence electrons. The summed E-state index contributed by atoms with van der Waals surface area (Å²) in [5.74, 6) is 0.0355. The van der Waals surface area contributed by atoms with Crippen molar-refractivity contribution in [3.63, 3.8) is 0 Å². The quantitative estimate of drug-likeness (QED) is 0.571. The molecule has 0 fully saturated rings. The molecule has 0 saturated heterocycles. The molecule has 1 atom stereocenters. The molecular formula is C15H20O2. The predicted octanol–water partition coefficient (Wildman–Crippen LogP) is 3.69. The Balaban J connectivity index is 2.81. The second-order valence-corrected chi connectivity index (χ2v) is 3.97. The lowest BCUT2D eigenvalue weighted by molar-refractivity contribution is -0.138. The Morgan fingerprint density at radius 1 is 1.29 bits per heavy atom. The number of benzene rings is 1. The molecule has 1 unspecified atom stereocenters. The van der Waals surface area contributed by atoms with Gasteiger partial charge in [0.05, 0.1) is 6.61 Å². The Morgan fingerprint density at radius 2 is 1.94 bits per heavy atom. The van der Waals surface area contributed by atoms with Crippen LogP contribution in [0, 0.1) is 0 Å². The van der Waals surface area contributed by atoms with Crippen molar-refractivity contribution in [3.8, 4) is 0 Å². The van der Waals surface area contributed by atoms with Gasteiger partial charge < -0.3 is 4.74 Å². The SMILES string of the molecule is CCOC(=O)/C(=C\C(C)c1ccccc1)CC. The molecular weight excluding hydrogens is 212 g/mol. The number of allylic oxidation sites excluding steroid dienone is 1. The molecule has 1 rings (SSSR count). The average Bonchev–Trinajstić information content (AvgIpc) is 2.37. The Morgan fingerprint density at radius 3 is 2.47 bits per heavy atom.